The number of ether oxygens (including phenoxy) is 1. The van der Waals surface area contributed by atoms with Crippen molar-refractivity contribution in [3.05, 3.63) is 89.3 Å². The van der Waals surface area contributed by atoms with Crippen LogP contribution in [0.1, 0.15) is 5.56 Å². The molecule has 0 N–H and O–H groups in total. The molecule has 1 fully saturated rings. The maximum atomic E-state index is 13.0. The van der Waals surface area contributed by atoms with Crippen LogP contribution >= 0.6 is 24.0 Å². The second-order valence-electron chi connectivity index (χ2n) is 6.92. The smallest absolute Gasteiger partial charge is 0.270 e. The molecule has 4 nitrogen and oxygen atoms in total. The van der Waals surface area contributed by atoms with Gasteiger partial charge in [-0.2, -0.15) is 0 Å². The quantitative estimate of drug-likeness (QED) is 0.367. The van der Waals surface area contributed by atoms with Crippen LogP contribution in [0.15, 0.2) is 83.8 Å². The van der Waals surface area contributed by atoms with Gasteiger partial charge in [-0.1, -0.05) is 54.3 Å². The second kappa shape index (κ2) is 8.73. The molecule has 0 bridgehead atoms. The van der Waals surface area contributed by atoms with E-state index in [1.54, 1.807) is 4.90 Å². The van der Waals surface area contributed by atoms with Gasteiger partial charge >= 0.3 is 0 Å². The summed E-state index contributed by atoms with van der Waals surface area (Å²) >= 11 is 6.79. The number of para-hydroxylation sites is 1. The Labute approximate surface area is 185 Å². The first-order valence-electron chi connectivity index (χ1n) is 9.39. The summed E-state index contributed by atoms with van der Waals surface area (Å²) in [4.78, 5) is 17.2. The Hall–Kier alpha value is -3.09. The van der Waals surface area contributed by atoms with Gasteiger partial charge in [0.25, 0.3) is 5.91 Å². The lowest BCUT2D eigenvalue weighted by atomic mass is 10.2. The summed E-state index contributed by atoms with van der Waals surface area (Å²) in [6, 6.07) is 25.0. The summed E-state index contributed by atoms with van der Waals surface area (Å²) < 4.78 is 6.42. The Morgan fingerprint density at radius 2 is 1.63 bits per heavy atom. The summed E-state index contributed by atoms with van der Waals surface area (Å²) in [6.07, 6.45) is 1.85. The Morgan fingerprint density at radius 3 is 2.33 bits per heavy atom. The molecule has 3 aromatic carbocycles. The van der Waals surface area contributed by atoms with Crippen LogP contribution in [0.2, 0.25) is 0 Å². The molecule has 30 heavy (non-hydrogen) atoms. The van der Waals surface area contributed by atoms with Crippen molar-refractivity contribution < 1.29 is 9.53 Å². The van der Waals surface area contributed by atoms with Gasteiger partial charge in [0.1, 0.15) is 11.5 Å². The van der Waals surface area contributed by atoms with Gasteiger partial charge in [0.15, 0.2) is 4.32 Å². The molecule has 1 amide bonds. The summed E-state index contributed by atoms with van der Waals surface area (Å²) in [5, 5.41) is 0. The number of nitrogens with zero attached hydrogens (tertiary/aromatic N) is 2. The maximum Gasteiger partial charge on any atom is 0.270 e. The monoisotopic (exact) mass is 432 g/mol. The largest absolute Gasteiger partial charge is 0.457 e. The van der Waals surface area contributed by atoms with Gasteiger partial charge in [0, 0.05) is 19.8 Å². The van der Waals surface area contributed by atoms with Crippen molar-refractivity contribution in [2.45, 2.75) is 0 Å². The molecule has 0 aliphatic carbocycles. The van der Waals surface area contributed by atoms with Crippen molar-refractivity contribution in [2.24, 2.45) is 0 Å². The van der Waals surface area contributed by atoms with Crippen LogP contribution in [0.25, 0.3) is 6.08 Å². The highest BCUT2D eigenvalue weighted by Crippen LogP contribution is 2.37. The molecule has 1 saturated heterocycles. The third-order valence-electron chi connectivity index (χ3n) is 4.55. The summed E-state index contributed by atoms with van der Waals surface area (Å²) in [5.41, 5.74) is 2.72. The first kappa shape index (κ1) is 20.2. The highest BCUT2D eigenvalue weighted by molar-refractivity contribution is 8.27. The molecule has 0 atom stereocenters. The van der Waals surface area contributed by atoms with Crippen LogP contribution in [0, 0.1) is 0 Å². The van der Waals surface area contributed by atoms with Gasteiger partial charge in [0.05, 0.1) is 10.6 Å². The lowest BCUT2D eigenvalue weighted by Crippen LogP contribution is -2.27. The molecule has 0 radical (unpaired) electrons. The van der Waals surface area contributed by atoms with E-state index in [4.69, 9.17) is 17.0 Å². The van der Waals surface area contributed by atoms with Crippen molar-refractivity contribution in [2.75, 3.05) is 23.9 Å². The van der Waals surface area contributed by atoms with Crippen molar-refractivity contribution in [1.82, 2.24) is 0 Å². The van der Waals surface area contributed by atoms with E-state index in [-0.39, 0.29) is 5.91 Å². The Kier molecular flexibility index (Phi) is 5.88. The molecular weight excluding hydrogens is 412 g/mol. The first-order valence-corrected chi connectivity index (χ1v) is 10.6. The molecular formula is C24H20N2O2S2. The molecule has 4 rings (SSSR count). The summed E-state index contributed by atoms with van der Waals surface area (Å²) in [6.45, 7) is 0. The average molecular weight is 433 g/mol. The van der Waals surface area contributed by atoms with Gasteiger partial charge in [0.2, 0.25) is 0 Å². The molecule has 0 saturated carbocycles. The molecule has 1 aliphatic heterocycles. The molecule has 0 aromatic heterocycles. The van der Waals surface area contributed by atoms with Crippen LogP contribution in [0.3, 0.4) is 0 Å². The minimum atomic E-state index is -0.114. The zero-order valence-electron chi connectivity index (χ0n) is 16.6. The number of hydrogen-bond donors (Lipinski definition) is 0. The van der Waals surface area contributed by atoms with E-state index in [9.17, 15) is 4.79 Å². The van der Waals surface area contributed by atoms with E-state index in [2.05, 4.69) is 0 Å². The zero-order valence-corrected chi connectivity index (χ0v) is 18.2. The van der Waals surface area contributed by atoms with Crippen LogP contribution in [-0.2, 0) is 4.79 Å². The molecule has 0 spiro atoms. The van der Waals surface area contributed by atoms with E-state index in [1.165, 1.54) is 11.8 Å². The predicted octanol–water partition coefficient (Wildman–Crippen LogP) is 5.95. The van der Waals surface area contributed by atoms with Crippen LogP contribution in [0.4, 0.5) is 11.4 Å². The van der Waals surface area contributed by atoms with E-state index < -0.39 is 0 Å². The zero-order chi connectivity index (χ0) is 21.1. The Balaban J connectivity index is 1.55. The fourth-order valence-electron chi connectivity index (χ4n) is 3.03. The van der Waals surface area contributed by atoms with E-state index in [1.807, 2.05) is 104 Å². The number of thioether (sulfide) groups is 1. The fraction of sp³-hybridized carbons (Fsp3) is 0.0833. The summed E-state index contributed by atoms with van der Waals surface area (Å²) in [5.74, 6) is 1.36. The molecule has 3 aromatic rings. The average Bonchev–Trinajstić information content (AvgIpc) is 3.02. The van der Waals surface area contributed by atoms with Gasteiger partial charge in [-0.15, -0.1) is 0 Å². The molecule has 1 aliphatic rings. The van der Waals surface area contributed by atoms with Crippen molar-refractivity contribution in [3.8, 4) is 11.5 Å². The lowest BCUT2D eigenvalue weighted by Gasteiger charge is -2.17. The highest BCUT2D eigenvalue weighted by atomic mass is 32.2. The second-order valence-corrected chi connectivity index (χ2v) is 8.59. The lowest BCUT2D eigenvalue weighted by molar-refractivity contribution is -0.113. The van der Waals surface area contributed by atoms with Gasteiger partial charge in [-0.05, 0) is 60.2 Å². The van der Waals surface area contributed by atoms with E-state index in [0.29, 0.717) is 15.0 Å². The minimum absolute atomic E-state index is 0.114. The standard InChI is InChI=1S/C24H20N2O2S2/c1-25(2)18-11-13-19(14-12-18)26-23(27)22(30-24(26)29)16-17-7-6-10-21(15-17)28-20-8-4-3-5-9-20/h3-16H,1-2H3/b22-16+. The number of rotatable bonds is 5. The molecule has 150 valence electrons. The first-order chi connectivity index (χ1) is 14.5. The topological polar surface area (TPSA) is 32.8 Å². The normalized spacial score (nSPS) is 15.0. The number of carbonyl (C=O) groups is 1. The van der Waals surface area contributed by atoms with Crippen molar-refractivity contribution in [3.63, 3.8) is 0 Å². The van der Waals surface area contributed by atoms with Crippen LogP contribution in [-0.4, -0.2) is 24.3 Å². The number of hydrogen-bond acceptors (Lipinski definition) is 5. The number of amides is 1. The van der Waals surface area contributed by atoms with Gasteiger partial charge in [-0.3, -0.25) is 9.69 Å². The van der Waals surface area contributed by atoms with E-state index in [0.717, 1.165) is 22.7 Å². The summed E-state index contributed by atoms with van der Waals surface area (Å²) in [7, 11) is 3.96. The Bertz CT molecular complexity index is 1110. The number of carbonyl (C=O) groups excluding carboxylic acids is 1. The van der Waals surface area contributed by atoms with Crippen LogP contribution < -0.4 is 14.5 Å². The fourth-order valence-corrected chi connectivity index (χ4v) is 4.33. The third kappa shape index (κ3) is 4.40. The predicted molar refractivity (Wildman–Crippen MR) is 129 cm³/mol. The molecule has 0 unspecified atom stereocenters. The number of benzene rings is 3. The van der Waals surface area contributed by atoms with Crippen molar-refractivity contribution in [1.29, 1.82) is 0 Å². The Morgan fingerprint density at radius 1 is 0.933 bits per heavy atom. The highest BCUT2D eigenvalue weighted by Gasteiger charge is 2.33. The van der Waals surface area contributed by atoms with Crippen LogP contribution in [0.5, 0.6) is 11.5 Å². The van der Waals surface area contributed by atoms with E-state index >= 15 is 0 Å². The van der Waals surface area contributed by atoms with Gasteiger partial charge < -0.3 is 9.64 Å². The third-order valence-corrected chi connectivity index (χ3v) is 5.85. The maximum absolute atomic E-state index is 13.0. The molecule has 6 heteroatoms. The SMILES string of the molecule is CN(C)c1ccc(N2C(=O)/C(=C\c3cccc(Oc4ccccc4)c3)SC2=S)cc1. The molecule has 1 heterocycles. The number of anilines is 2. The minimum Gasteiger partial charge on any atom is -0.457 e. The van der Waals surface area contributed by atoms with Gasteiger partial charge in [-0.25, -0.2) is 0 Å². The number of thiocarbonyl (C=S) groups is 1. The van der Waals surface area contributed by atoms with Crippen molar-refractivity contribution >= 4 is 51.7 Å².